The van der Waals surface area contributed by atoms with Crippen LogP contribution in [0.2, 0.25) is 5.28 Å². The van der Waals surface area contributed by atoms with E-state index < -0.39 is 0 Å². The molecule has 0 aliphatic carbocycles. The molecule has 2 aromatic heterocycles. The first-order valence-corrected chi connectivity index (χ1v) is 11.4. The number of likely N-dealkylation sites (tertiary alicyclic amines) is 1. The Kier molecular flexibility index (Phi) is 6.48. The zero-order valence-electron chi connectivity index (χ0n) is 17.3. The summed E-state index contributed by atoms with van der Waals surface area (Å²) < 4.78 is 13.4. The van der Waals surface area contributed by atoms with E-state index in [0.29, 0.717) is 30.5 Å². The Morgan fingerprint density at radius 2 is 2.06 bits per heavy atom. The van der Waals surface area contributed by atoms with Crippen LogP contribution in [0.25, 0.3) is 10.4 Å². The third kappa shape index (κ3) is 4.85. The quantitative estimate of drug-likeness (QED) is 0.540. The molecule has 0 saturated carbocycles. The maximum Gasteiger partial charge on any atom is 0.274 e. The number of carbonyl (C=O) groups excluding carboxylic acids is 1. The van der Waals surface area contributed by atoms with Crippen LogP contribution in [0.5, 0.6) is 0 Å². The number of amides is 1. The average molecular weight is 460 g/mol. The molecule has 1 N–H and O–H groups in total. The van der Waals surface area contributed by atoms with Crippen LogP contribution in [0.4, 0.5) is 10.2 Å². The van der Waals surface area contributed by atoms with Gasteiger partial charge in [-0.2, -0.15) is 0 Å². The summed E-state index contributed by atoms with van der Waals surface area (Å²) in [5, 5.41) is 4.27. The van der Waals surface area contributed by atoms with E-state index >= 15 is 0 Å². The molecule has 9 heteroatoms. The van der Waals surface area contributed by atoms with Gasteiger partial charge in [-0.15, -0.1) is 11.3 Å². The van der Waals surface area contributed by atoms with Gasteiger partial charge in [0.05, 0.1) is 15.9 Å². The second-order valence-corrected chi connectivity index (χ2v) is 9.24. The highest BCUT2D eigenvalue weighted by Crippen LogP contribution is 2.33. The van der Waals surface area contributed by atoms with Gasteiger partial charge in [0, 0.05) is 19.3 Å². The summed E-state index contributed by atoms with van der Waals surface area (Å²) in [5.41, 5.74) is 1.23. The van der Waals surface area contributed by atoms with Gasteiger partial charge in [-0.3, -0.25) is 4.79 Å². The molecule has 0 radical (unpaired) electrons. The highest BCUT2D eigenvalue weighted by atomic mass is 35.5. The number of aryl methyl sites for hydroxylation is 1. The third-order valence-corrected chi connectivity index (χ3v) is 6.74. The molecule has 1 unspecified atom stereocenters. The van der Waals surface area contributed by atoms with Crippen molar-refractivity contribution in [1.29, 1.82) is 0 Å². The molecule has 1 aromatic carbocycles. The molecule has 1 fully saturated rings. The lowest BCUT2D eigenvalue weighted by molar-refractivity contribution is 0.0535. The van der Waals surface area contributed by atoms with E-state index in [1.165, 1.54) is 23.5 Å². The molecule has 1 aliphatic rings. The number of hydrogen-bond acceptors (Lipinski definition) is 6. The Bertz CT molecular complexity index is 1070. The lowest BCUT2D eigenvalue weighted by Crippen LogP contribution is -2.51. The van der Waals surface area contributed by atoms with Gasteiger partial charge in [-0.25, -0.2) is 19.3 Å². The molecule has 6 nitrogen and oxygen atoms in total. The monoisotopic (exact) mass is 459 g/mol. The van der Waals surface area contributed by atoms with Gasteiger partial charge in [0.25, 0.3) is 5.91 Å². The third-order valence-electron chi connectivity index (χ3n) is 5.54. The lowest BCUT2D eigenvalue weighted by Gasteiger charge is -2.40. The van der Waals surface area contributed by atoms with E-state index in [2.05, 4.69) is 27.2 Å². The van der Waals surface area contributed by atoms with Crippen LogP contribution < -0.4 is 5.32 Å². The summed E-state index contributed by atoms with van der Waals surface area (Å²) in [6.45, 7) is 5.26. The number of hydrogen-bond donors (Lipinski definition) is 1. The van der Waals surface area contributed by atoms with Gasteiger partial charge in [-0.05, 0) is 61.0 Å². The second kappa shape index (κ2) is 9.28. The Morgan fingerprint density at radius 3 is 2.81 bits per heavy atom. The van der Waals surface area contributed by atoms with E-state index in [4.69, 9.17) is 11.6 Å². The van der Waals surface area contributed by atoms with Gasteiger partial charge in [0.15, 0.2) is 0 Å². The van der Waals surface area contributed by atoms with Crippen LogP contribution in [0.3, 0.4) is 0 Å². The summed E-state index contributed by atoms with van der Waals surface area (Å²) >= 11 is 7.34. The normalized spacial score (nSPS) is 18.8. The maximum absolute atomic E-state index is 13.6. The van der Waals surface area contributed by atoms with Crippen LogP contribution >= 0.6 is 22.9 Å². The summed E-state index contributed by atoms with van der Waals surface area (Å²) in [4.78, 5) is 28.9. The fourth-order valence-corrected chi connectivity index (χ4v) is 5.02. The number of anilines is 1. The van der Waals surface area contributed by atoms with Gasteiger partial charge >= 0.3 is 0 Å². The zero-order valence-corrected chi connectivity index (χ0v) is 18.9. The number of thiazole rings is 1. The smallest absolute Gasteiger partial charge is 0.274 e. The zero-order chi connectivity index (χ0) is 22.0. The molecule has 3 heterocycles. The summed E-state index contributed by atoms with van der Waals surface area (Å²) in [6.07, 6.45) is 3.58. The number of carbonyl (C=O) groups is 1. The SMILES string of the molecule is Cc1nc(C(=O)N2CCCC(C)[C@H]2CNc2ccnc(Cl)n2)c(-c2ccc(F)cc2)s1. The van der Waals surface area contributed by atoms with Crippen LogP contribution in [0.1, 0.15) is 35.3 Å². The van der Waals surface area contributed by atoms with Gasteiger partial charge < -0.3 is 10.2 Å². The second-order valence-electron chi connectivity index (χ2n) is 7.69. The fraction of sp³-hybridized carbons (Fsp3) is 0.364. The molecule has 0 spiro atoms. The first-order valence-electron chi connectivity index (χ1n) is 10.2. The van der Waals surface area contributed by atoms with Crippen LogP contribution in [-0.2, 0) is 0 Å². The predicted molar refractivity (Wildman–Crippen MR) is 121 cm³/mol. The van der Waals surface area contributed by atoms with Gasteiger partial charge in [-0.1, -0.05) is 19.1 Å². The van der Waals surface area contributed by atoms with Crippen molar-refractivity contribution in [2.24, 2.45) is 5.92 Å². The van der Waals surface area contributed by atoms with Crippen molar-refractivity contribution in [3.8, 4) is 10.4 Å². The van der Waals surface area contributed by atoms with Crippen molar-refractivity contribution in [2.45, 2.75) is 32.7 Å². The molecule has 2 atom stereocenters. The fourth-order valence-electron chi connectivity index (χ4n) is 3.96. The van der Waals surface area contributed by atoms with Crippen molar-refractivity contribution in [3.63, 3.8) is 0 Å². The van der Waals surface area contributed by atoms with Crippen molar-refractivity contribution < 1.29 is 9.18 Å². The minimum atomic E-state index is -0.307. The topological polar surface area (TPSA) is 71.0 Å². The van der Waals surface area contributed by atoms with E-state index in [1.54, 1.807) is 24.4 Å². The summed E-state index contributed by atoms with van der Waals surface area (Å²) in [5.74, 6) is 0.541. The van der Waals surface area contributed by atoms with Gasteiger partial charge in [0.2, 0.25) is 5.28 Å². The number of nitrogens with zero attached hydrogens (tertiary/aromatic N) is 4. The van der Waals surface area contributed by atoms with Crippen molar-refractivity contribution >= 4 is 34.7 Å². The number of aromatic nitrogens is 3. The Labute approximate surface area is 189 Å². The van der Waals surface area contributed by atoms with Crippen molar-refractivity contribution in [3.05, 3.63) is 58.3 Å². The van der Waals surface area contributed by atoms with E-state index in [-0.39, 0.29) is 23.0 Å². The molecule has 0 bridgehead atoms. The number of rotatable bonds is 5. The highest BCUT2D eigenvalue weighted by Gasteiger charge is 2.34. The van der Waals surface area contributed by atoms with E-state index in [1.807, 2.05) is 11.8 Å². The summed E-state index contributed by atoms with van der Waals surface area (Å²) in [7, 11) is 0. The molecule has 1 amide bonds. The molecule has 3 aromatic rings. The van der Waals surface area contributed by atoms with Crippen LogP contribution in [-0.4, -0.2) is 44.9 Å². The minimum absolute atomic E-state index is 0.0157. The highest BCUT2D eigenvalue weighted by molar-refractivity contribution is 7.15. The predicted octanol–water partition coefficient (Wildman–Crippen LogP) is 5.05. The first kappa shape index (κ1) is 21.6. The lowest BCUT2D eigenvalue weighted by atomic mass is 9.90. The standard InChI is InChI=1S/C22H23ClFN5OS/c1-13-4-3-11-29(17(13)12-26-18-9-10-25-22(23)28-18)21(30)19-20(31-14(2)27-19)15-5-7-16(24)8-6-15/h5-10,13,17H,3-4,11-12H2,1-2H3,(H,25,26,28)/t13?,17-/m1/s1. The Balaban J connectivity index is 1.59. The molecule has 162 valence electrons. The number of benzene rings is 1. The molecular formula is C22H23ClFN5OS. The first-order chi connectivity index (χ1) is 14.9. The largest absolute Gasteiger partial charge is 0.368 e. The average Bonchev–Trinajstić information content (AvgIpc) is 3.14. The minimum Gasteiger partial charge on any atom is -0.368 e. The molecular weight excluding hydrogens is 437 g/mol. The maximum atomic E-state index is 13.6. The molecule has 1 aliphatic heterocycles. The van der Waals surface area contributed by atoms with Crippen LogP contribution in [0, 0.1) is 18.7 Å². The van der Waals surface area contributed by atoms with E-state index in [0.717, 1.165) is 28.3 Å². The number of nitrogens with one attached hydrogen (secondary N) is 1. The molecule has 1 saturated heterocycles. The van der Waals surface area contributed by atoms with Crippen molar-refractivity contribution in [1.82, 2.24) is 19.9 Å². The Hall–Kier alpha value is -2.58. The Morgan fingerprint density at radius 1 is 1.29 bits per heavy atom. The van der Waals surface area contributed by atoms with Crippen molar-refractivity contribution in [2.75, 3.05) is 18.4 Å². The van der Waals surface area contributed by atoms with E-state index in [9.17, 15) is 9.18 Å². The van der Waals surface area contributed by atoms with Crippen LogP contribution in [0.15, 0.2) is 36.5 Å². The van der Waals surface area contributed by atoms with Gasteiger partial charge in [0.1, 0.15) is 17.3 Å². The number of halogens is 2. The molecule has 31 heavy (non-hydrogen) atoms. The number of piperidine rings is 1. The molecule has 4 rings (SSSR count). The summed E-state index contributed by atoms with van der Waals surface area (Å²) in [6, 6.07) is 7.92.